The number of carbonyl (C=O) groups is 4. The molecule has 0 saturated heterocycles. The van der Waals surface area contributed by atoms with Crippen molar-refractivity contribution in [3.63, 3.8) is 0 Å². The van der Waals surface area contributed by atoms with Gasteiger partial charge in [0.15, 0.2) is 0 Å². The van der Waals surface area contributed by atoms with Gasteiger partial charge in [0.2, 0.25) is 5.91 Å². The predicted octanol–water partition coefficient (Wildman–Crippen LogP) is 12.3. The summed E-state index contributed by atoms with van der Waals surface area (Å²) in [6, 6.07) is 0. The molecule has 4 aliphatic carbocycles. The van der Waals surface area contributed by atoms with E-state index in [1.165, 1.54) is 56.9 Å². The Kier molecular flexibility index (Phi) is 19.6. The fourth-order valence-electron chi connectivity index (χ4n) is 12.1. The number of fused-ring (bicyclic) bond motifs is 5. The number of allylic oxidation sites excluding steroid dienone is 1. The fourth-order valence-corrected chi connectivity index (χ4v) is 12.1. The Morgan fingerprint density at radius 1 is 0.742 bits per heavy atom. The average molecular weight is 870 g/mol. The van der Waals surface area contributed by atoms with Crippen LogP contribution in [-0.4, -0.2) is 72.4 Å². The Balaban J connectivity index is 1.26. The van der Waals surface area contributed by atoms with E-state index in [4.69, 9.17) is 14.2 Å². The summed E-state index contributed by atoms with van der Waals surface area (Å²) in [5.74, 6) is 4.41. The molecule has 10 heteroatoms. The van der Waals surface area contributed by atoms with Crippen molar-refractivity contribution in [2.24, 2.45) is 46.3 Å². The van der Waals surface area contributed by atoms with Crippen LogP contribution in [0.5, 0.6) is 0 Å². The van der Waals surface area contributed by atoms with E-state index in [9.17, 15) is 19.2 Å². The molecule has 3 fully saturated rings. The van der Waals surface area contributed by atoms with Gasteiger partial charge >= 0.3 is 18.2 Å². The minimum atomic E-state index is -0.565. The van der Waals surface area contributed by atoms with Crippen LogP contribution in [0, 0.1) is 46.3 Å². The Morgan fingerprint density at radius 3 is 1.98 bits per heavy atom. The molecular weight excluding hydrogens is 779 g/mol. The van der Waals surface area contributed by atoms with E-state index in [-0.39, 0.29) is 36.0 Å². The van der Waals surface area contributed by atoms with E-state index in [1.54, 1.807) is 4.90 Å². The predicted molar refractivity (Wildman–Crippen MR) is 250 cm³/mol. The zero-order valence-corrected chi connectivity index (χ0v) is 41.4. The number of carbonyl (C=O) groups excluding carboxylic acids is 4. The molecule has 2 N–H and O–H groups in total. The topological polar surface area (TPSA) is 123 Å². The Hall–Kier alpha value is -2.78. The Bertz CT molecular complexity index is 1480. The molecule has 4 aliphatic rings. The van der Waals surface area contributed by atoms with E-state index in [1.807, 2.05) is 41.5 Å². The van der Waals surface area contributed by atoms with E-state index in [0.29, 0.717) is 50.2 Å². The summed E-state index contributed by atoms with van der Waals surface area (Å²) in [7, 11) is 0. The van der Waals surface area contributed by atoms with Crippen molar-refractivity contribution >= 4 is 24.1 Å². The molecule has 4 rings (SSSR count). The fraction of sp³-hybridized carbons (Fsp3) is 0.885. The van der Waals surface area contributed by atoms with Gasteiger partial charge in [0.1, 0.15) is 23.9 Å². The molecule has 0 aromatic heterocycles. The molecule has 0 radical (unpaired) electrons. The van der Waals surface area contributed by atoms with Crippen molar-refractivity contribution in [2.75, 3.05) is 26.2 Å². The van der Waals surface area contributed by atoms with E-state index < -0.39 is 17.3 Å². The number of hydrogen-bond donors (Lipinski definition) is 2. The molecule has 10 nitrogen and oxygen atoms in total. The molecule has 0 spiro atoms. The number of nitrogens with zero attached hydrogens (tertiary/aromatic N) is 1. The number of ether oxygens (including phenoxy) is 3. The summed E-state index contributed by atoms with van der Waals surface area (Å²) in [4.78, 5) is 52.9. The highest BCUT2D eigenvalue weighted by molar-refractivity contribution is 5.82. The highest BCUT2D eigenvalue weighted by Gasteiger charge is 2.59. The van der Waals surface area contributed by atoms with Crippen LogP contribution in [0.3, 0.4) is 0 Å². The van der Waals surface area contributed by atoms with Crippen molar-refractivity contribution in [3.8, 4) is 0 Å². The first-order chi connectivity index (χ1) is 29.1. The van der Waals surface area contributed by atoms with Crippen LogP contribution in [0.15, 0.2) is 11.6 Å². The summed E-state index contributed by atoms with van der Waals surface area (Å²) in [5.41, 5.74) is 1.09. The number of hydrogen-bond acceptors (Lipinski definition) is 7. The van der Waals surface area contributed by atoms with Gasteiger partial charge < -0.3 is 29.7 Å². The number of rotatable bonds is 22. The number of amides is 3. The van der Waals surface area contributed by atoms with Crippen LogP contribution in [-0.2, 0) is 23.8 Å². The lowest BCUT2D eigenvalue weighted by Gasteiger charge is -2.58. The zero-order chi connectivity index (χ0) is 45.7. The van der Waals surface area contributed by atoms with Crippen LogP contribution in [0.25, 0.3) is 0 Å². The van der Waals surface area contributed by atoms with Crippen LogP contribution in [0.4, 0.5) is 9.59 Å². The molecule has 62 heavy (non-hydrogen) atoms. The lowest BCUT2D eigenvalue weighted by Crippen LogP contribution is -2.51. The van der Waals surface area contributed by atoms with E-state index in [0.717, 1.165) is 87.4 Å². The lowest BCUT2D eigenvalue weighted by molar-refractivity contribution is -0.156. The van der Waals surface area contributed by atoms with Gasteiger partial charge in [-0.25, -0.2) is 9.59 Å². The third-order valence-electron chi connectivity index (χ3n) is 15.2. The largest absolute Gasteiger partial charge is 0.461 e. The first kappa shape index (κ1) is 51.9. The number of nitrogens with one attached hydrogen (secondary N) is 2. The van der Waals surface area contributed by atoms with Gasteiger partial charge in [0.25, 0.3) is 0 Å². The smallest absolute Gasteiger partial charge is 0.407 e. The monoisotopic (exact) mass is 870 g/mol. The number of unbranched alkanes of at least 4 members (excludes halogenated alkanes) is 6. The summed E-state index contributed by atoms with van der Waals surface area (Å²) in [5, 5.41) is 5.59. The lowest BCUT2D eigenvalue weighted by atomic mass is 9.47. The second-order valence-electron chi connectivity index (χ2n) is 22.9. The quantitative estimate of drug-likeness (QED) is 0.0481. The Morgan fingerprint density at radius 2 is 1.35 bits per heavy atom. The highest BCUT2D eigenvalue weighted by Crippen LogP contribution is 2.67. The molecule has 0 unspecified atom stereocenters. The third-order valence-corrected chi connectivity index (χ3v) is 15.2. The molecule has 3 saturated carbocycles. The van der Waals surface area contributed by atoms with Crippen LogP contribution < -0.4 is 10.6 Å². The van der Waals surface area contributed by atoms with Gasteiger partial charge in [0.05, 0.1) is 0 Å². The molecule has 0 aliphatic heterocycles. The van der Waals surface area contributed by atoms with E-state index in [2.05, 4.69) is 51.3 Å². The molecule has 356 valence electrons. The first-order valence-corrected chi connectivity index (χ1v) is 25.2. The van der Waals surface area contributed by atoms with Crippen molar-refractivity contribution < 1.29 is 33.4 Å². The minimum absolute atomic E-state index is 0.0276. The third kappa shape index (κ3) is 15.7. The maximum Gasteiger partial charge on any atom is 0.407 e. The van der Waals surface area contributed by atoms with Gasteiger partial charge in [-0.3, -0.25) is 9.59 Å². The molecule has 0 aromatic carbocycles. The number of esters is 1. The van der Waals surface area contributed by atoms with Gasteiger partial charge in [-0.15, -0.1) is 0 Å². The van der Waals surface area contributed by atoms with Crippen LogP contribution >= 0.6 is 0 Å². The summed E-state index contributed by atoms with van der Waals surface area (Å²) in [6.07, 6.45) is 22.3. The van der Waals surface area contributed by atoms with Crippen LogP contribution in [0.2, 0.25) is 0 Å². The minimum Gasteiger partial charge on any atom is -0.461 e. The second-order valence-corrected chi connectivity index (χ2v) is 22.9. The molecular formula is C52H91N3O7. The van der Waals surface area contributed by atoms with Gasteiger partial charge in [-0.05, 0) is 159 Å². The number of alkyl carbamates (subject to hydrolysis) is 2. The zero-order valence-electron chi connectivity index (χ0n) is 41.4. The van der Waals surface area contributed by atoms with Gasteiger partial charge in [0, 0.05) is 32.5 Å². The van der Waals surface area contributed by atoms with Crippen molar-refractivity contribution in [1.29, 1.82) is 0 Å². The molecule has 3 amide bonds. The maximum atomic E-state index is 13.6. The van der Waals surface area contributed by atoms with E-state index >= 15 is 0 Å². The standard InChI is InChI=1S/C52H91N3O7/c1-37(2)21-20-22-38(3)42-26-27-43-41-25-24-39-35-40(28-30-51(39,10)44(41)29-31-52(42,43)11)60-46(57)36-55(45(56)23-16-18-33-54-48(59)62-50(7,8)9)34-19-15-13-12-14-17-32-53-47(58)61-49(4,5)6/h24,37-38,40-44H,12-23,25-36H2,1-11H3,(H,53,58)(H,54,59)/t38-,40+,41+,42-,43+,44+,51+,52-/m1/s1. The van der Waals surface area contributed by atoms with Crippen molar-refractivity contribution in [2.45, 2.75) is 222 Å². The maximum absolute atomic E-state index is 13.6. The summed E-state index contributed by atoms with van der Waals surface area (Å²) < 4.78 is 16.9. The Labute approximate surface area is 377 Å². The van der Waals surface area contributed by atoms with Crippen LogP contribution in [0.1, 0.15) is 205 Å². The van der Waals surface area contributed by atoms with Crippen molar-refractivity contribution in [1.82, 2.24) is 15.5 Å². The SMILES string of the molecule is CC(C)CCC[C@@H](C)[C@H]1CC[C@H]2[C@@H]3CC=C4C[C@@H](OC(=O)CN(CCCCCCCCNC(=O)OC(C)(C)C)C(=O)CCCCNC(=O)OC(C)(C)C)CC[C@]4(C)[C@H]3CC[C@]12C. The van der Waals surface area contributed by atoms with Crippen molar-refractivity contribution in [3.05, 3.63) is 11.6 Å². The average Bonchev–Trinajstić information content (AvgIpc) is 3.52. The summed E-state index contributed by atoms with van der Waals surface area (Å²) in [6.45, 7) is 25.0. The first-order valence-electron chi connectivity index (χ1n) is 25.2. The highest BCUT2D eigenvalue weighted by atomic mass is 16.6. The normalized spacial score (nSPS) is 27.5. The van der Waals surface area contributed by atoms with Gasteiger partial charge in [-0.2, -0.15) is 0 Å². The second kappa shape index (κ2) is 23.4. The van der Waals surface area contributed by atoms with Gasteiger partial charge in [-0.1, -0.05) is 91.2 Å². The molecule has 0 bridgehead atoms. The molecule has 0 aromatic rings. The molecule has 8 atom stereocenters. The summed E-state index contributed by atoms with van der Waals surface area (Å²) >= 11 is 0. The molecule has 0 heterocycles.